The van der Waals surface area contributed by atoms with Crippen molar-refractivity contribution in [3.63, 3.8) is 0 Å². The molecule has 6 rings (SSSR count). The van der Waals surface area contributed by atoms with Crippen LogP contribution >= 0.6 is 0 Å². The number of aromatic nitrogens is 2. The molecule has 1 amide bonds. The molecule has 47 heavy (non-hydrogen) atoms. The van der Waals surface area contributed by atoms with E-state index < -0.39 is 15.7 Å². The number of carbonyl (C=O) groups is 1. The summed E-state index contributed by atoms with van der Waals surface area (Å²) in [6.07, 6.45) is 3.23. The first-order chi connectivity index (χ1) is 22.6. The van der Waals surface area contributed by atoms with Crippen LogP contribution in [0.3, 0.4) is 0 Å². The van der Waals surface area contributed by atoms with Crippen molar-refractivity contribution in [1.29, 1.82) is 0 Å². The molecule has 4 heterocycles. The highest BCUT2D eigenvalue weighted by atomic mass is 32.2. The fourth-order valence-corrected chi connectivity index (χ4v) is 7.24. The van der Waals surface area contributed by atoms with Gasteiger partial charge in [0.25, 0.3) is 0 Å². The number of methoxy groups -OCH3 is 1. The standard InChI is InChI=1S/C32H39FN8O5S/c1-4-32(42)37-25-18-26(29(45-3)19-28(25)40-8-6-38(2)7-9-40)36-30-20-31(35-21-34-30)41-27(5-12-46-41)22-15-23(33)17-24(16-22)39-10-13-47(43,44)14-11-39/h4,15-21,27H,1,5-14H2,2-3H3,(H,37,42)(H,34,35,36)/t27-/m1/s1. The summed E-state index contributed by atoms with van der Waals surface area (Å²) in [5, 5.41) is 7.88. The number of piperazine rings is 1. The monoisotopic (exact) mass is 666 g/mol. The molecule has 3 saturated heterocycles. The van der Waals surface area contributed by atoms with Gasteiger partial charge in [-0.15, -0.1) is 0 Å². The number of ether oxygens (including phenoxy) is 1. The lowest BCUT2D eigenvalue weighted by Crippen LogP contribution is -2.44. The lowest BCUT2D eigenvalue weighted by atomic mass is 10.0. The summed E-state index contributed by atoms with van der Waals surface area (Å²) in [6, 6.07) is 9.89. The van der Waals surface area contributed by atoms with Gasteiger partial charge in [-0.25, -0.2) is 27.8 Å². The Hall–Kier alpha value is -4.47. The zero-order valence-corrected chi connectivity index (χ0v) is 27.3. The van der Waals surface area contributed by atoms with Crippen LogP contribution in [-0.2, 0) is 19.5 Å². The van der Waals surface area contributed by atoms with Crippen molar-refractivity contribution in [3.05, 3.63) is 66.8 Å². The van der Waals surface area contributed by atoms with E-state index in [2.05, 4.69) is 44.0 Å². The summed E-state index contributed by atoms with van der Waals surface area (Å²) in [7, 11) is 0.593. The molecule has 3 fully saturated rings. The third-order valence-electron chi connectivity index (χ3n) is 8.65. The van der Waals surface area contributed by atoms with Crippen LogP contribution in [0.5, 0.6) is 5.75 Å². The molecule has 0 aliphatic carbocycles. The molecule has 0 bridgehead atoms. The van der Waals surface area contributed by atoms with Gasteiger partial charge in [-0.2, -0.15) is 0 Å². The summed E-state index contributed by atoms with van der Waals surface area (Å²) in [5.74, 6) is 0.819. The Morgan fingerprint density at radius 2 is 1.79 bits per heavy atom. The number of hydroxylamine groups is 1. The molecular formula is C32H39FN8O5S. The molecule has 2 N–H and O–H groups in total. The van der Waals surface area contributed by atoms with Gasteiger partial charge in [0.1, 0.15) is 23.7 Å². The molecule has 3 aromatic rings. The van der Waals surface area contributed by atoms with Gasteiger partial charge in [0.15, 0.2) is 15.7 Å². The van der Waals surface area contributed by atoms with Crippen LogP contribution < -0.4 is 30.2 Å². The Morgan fingerprint density at radius 3 is 2.51 bits per heavy atom. The molecule has 15 heteroatoms. The predicted octanol–water partition coefficient (Wildman–Crippen LogP) is 3.36. The number of amides is 1. The second-order valence-corrected chi connectivity index (χ2v) is 14.1. The molecule has 2 aromatic carbocycles. The summed E-state index contributed by atoms with van der Waals surface area (Å²) >= 11 is 0. The number of sulfone groups is 1. The summed E-state index contributed by atoms with van der Waals surface area (Å²) in [4.78, 5) is 33.6. The number of halogens is 1. The number of nitrogens with one attached hydrogen (secondary N) is 2. The number of benzene rings is 2. The lowest BCUT2D eigenvalue weighted by Gasteiger charge is -2.35. The first-order valence-electron chi connectivity index (χ1n) is 15.5. The normalized spacial score (nSPS) is 19.8. The van der Waals surface area contributed by atoms with Gasteiger partial charge in [-0.3, -0.25) is 9.63 Å². The average Bonchev–Trinajstić information content (AvgIpc) is 3.56. The van der Waals surface area contributed by atoms with Crippen molar-refractivity contribution in [2.24, 2.45) is 0 Å². The van der Waals surface area contributed by atoms with Crippen LogP contribution in [0.25, 0.3) is 0 Å². The molecule has 0 radical (unpaired) electrons. The van der Waals surface area contributed by atoms with Gasteiger partial charge < -0.3 is 30.1 Å². The topological polar surface area (TPSA) is 132 Å². The Kier molecular flexibility index (Phi) is 9.47. The maximum absolute atomic E-state index is 14.9. The van der Waals surface area contributed by atoms with E-state index in [9.17, 15) is 17.6 Å². The maximum atomic E-state index is 14.9. The highest BCUT2D eigenvalue weighted by Crippen LogP contribution is 2.40. The maximum Gasteiger partial charge on any atom is 0.247 e. The number of hydrogen-bond donors (Lipinski definition) is 2. The minimum atomic E-state index is -3.07. The summed E-state index contributed by atoms with van der Waals surface area (Å²) < 4.78 is 44.5. The van der Waals surface area contributed by atoms with E-state index in [1.54, 1.807) is 18.2 Å². The fourth-order valence-electron chi connectivity index (χ4n) is 6.04. The summed E-state index contributed by atoms with van der Waals surface area (Å²) in [6.45, 7) is 7.99. The van der Waals surface area contributed by atoms with Gasteiger partial charge in [0.05, 0.1) is 48.3 Å². The highest BCUT2D eigenvalue weighted by Gasteiger charge is 2.31. The minimum absolute atomic E-state index is 0.0414. The lowest BCUT2D eigenvalue weighted by molar-refractivity contribution is -0.111. The number of likely N-dealkylation sites (N-methyl/N-ethyl adjacent to an activating group) is 1. The third-order valence-corrected chi connectivity index (χ3v) is 10.3. The first kappa shape index (κ1) is 32.5. The van der Waals surface area contributed by atoms with Crippen LogP contribution in [-0.4, -0.2) is 101 Å². The second-order valence-electron chi connectivity index (χ2n) is 11.8. The molecule has 3 aliphatic heterocycles. The molecule has 3 aliphatic rings. The van der Waals surface area contributed by atoms with E-state index in [1.165, 1.54) is 24.5 Å². The quantitative estimate of drug-likeness (QED) is 0.325. The zero-order valence-electron chi connectivity index (χ0n) is 26.5. The van der Waals surface area contributed by atoms with E-state index in [1.807, 2.05) is 23.1 Å². The zero-order chi connectivity index (χ0) is 33.1. The van der Waals surface area contributed by atoms with Crippen molar-refractivity contribution < 1.29 is 27.2 Å². The van der Waals surface area contributed by atoms with Crippen molar-refractivity contribution in [1.82, 2.24) is 14.9 Å². The number of hydrogen-bond acceptors (Lipinski definition) is 12. The van der Waals surface area contributed by atoms with Crippen molar-refractivity contribution in [2.45, 2.75) is 12.5 Å². The first-order valence-corrected chi connectivity index (χ1v) is 17.3. The molecule has 250 valence electrons. The number of anilines is 6. The Bertz CT molecular complexity index is 1740. The van der Waals surface area contributed by atoms with E-state index in [0.717, 1.165) is 31.9 Å². The van der Waals surface area contributed by atoms with Crippen LogP contribution in [0.15, 0.2) is 55.4 Å². The molecule has 1 aromatic heterocycles. The number of carbonyl (C=O) groups excluding carboxylic acids is 1. The molecule has 0 saturated carbocycles. The molecular weight excluding hydrogens is 627 g/mol. The Balaban J connectivity index is 1.26. The Labute approximate surface area is 273 Å². The van der Waals surface area contributed by atoms with Crippen LogP contribution in [0.4, 0.5) is 38.8 Å². The van der Waals surface area contributed by atoms with Crippen molar-refractivity contribution in [2.75, 3.05) is 97.0 Å². The van der Waals surface area contributed by atoms with Gasteiger partial charge in [0.2, 0.25) is 5.91 Å². The van der Waals surface area contributed by atoms with Crippen LogP contribution in [0.2, 0.25) is 0 Å². The SMILES string of the molecule is C=CC(=O)Nc1cc(Nc2cc(N3OCC[C@@H]3c3cc(F)cc(N4CCS(=O)(=O)CC4)c3)ncn2)c(OC)cc1N1CCN(C)CC1. The van der Waals surface area contributed by atoms with Crippen molar-refractivity contribution >= 4 is 50.1 Å². The predicted molar refractivity (Wildman–Crippen MR) is 180 cm³/mol. The largest absolute Gasteiger partial charge is 0.494 e. The van der Waals surface area contributed by atoms with Crippen molar-refractivity contribution in [3.8, 4) is 5.75 Å². The fraction of sp³-hybridized carbons (Fsp3) is 0.406. The molecule has 1 atom stereocenters. The van der Waals surface area contributed by atoms with Gasteiger partial charge >= 0.3 is 0 Å². The van der Waals surface area contributed by atoms with E-state index in [-0.39, 0.29) is 23.5 Å². The highest BCUT2D eigenvalue weighted by molar-refractivity contribution is 7.91. The van der Waals surface area contributed by atoms with E-state index >= 15 is 0 Å². The summed E-state index contributed by atoms with van der Waals surface area (Å²) in [5.41, 5.74) is 3.36. The average molecular weight is 667 g/mol. The molecule has 0 unspecified atom stereocenters. The van der Waals surface area contributed by atoms with Gasteiger partial charge in [-0.1, -0.05) is 6.58 Å². The smallest absolute Gasteiger partial charge is 0.247 e. The van der Waals surface area contributed by atoms with E-state index in [0.29, 0.717) is 66.1 Å². The van der Waals surface area contributed by atoms with Crippen LogP contribution in [0.1, 0.15) is 18.0 Å². The second kappa shape index (κ2) is 13.7. The van der Waals surface area contributed by atoms with E-state index in [4.69, 9.17) is 9.57 Å². The van der Waals surface area contributed by atoms with Gasteiger partial charge in [-0.05, 0) is 43.0 Å². The molecule has 13 nitrogen and oxygen atoms in total. The molecule has 0 spiro atoms. The third kappa shape index (κ3) is 7.42. The number of nitrogens with zero attached hydrogens (tertiary/aromatic N) is 6. The van der Waals surface area contributed by atoms with Crippen LogP contribution in [0, 0.1) is 5.82 Å². The van der Waals surface area contributed by atoms with Gasteiger partial charge in [0, 0.05) is 63.5 Å². The number of rotatable bonds is 9. The minimum Gasteiger partial charge on any atom is -0.494 e. The Morgan fingerprint density at radius 1 is 1.02 bits per heavy atom.